The molecule has 3 rings (SSSR count). The Morgan fingerprint density at radius 2 is 2.04 bits per heavy atom. The molecular weight excluding hydrogens is 313 g/mol. The number of fused-ring (bicyclic) bond motifs is 1. The van der Waals surface area contributed by atoms with Gasteiger partial charge in [0.1, 0.15) is 5.69 Å². The number of rotatable bonds is 2. The van der Waals surface area contributed by atoms with Gasteiger partial charge in [0.25, 0.3) is 11.8 Å². The summed E-state index contributed by atoms with van der Waals surface area (Å²) in [5.74, 6) is -1.46. The van der Waals surface area contributed by atoms with Crippen molar-refractivity contribution in [3.05, 3.63) is 29.7 Å². The summed E-state index contributed by atoms with van der Waals surface area (Å²) in [5, 5.41) is 4.27. The van der Waals surface area contributed by atoms with Crippen LogP contribution in [-0.2, 0) is 10.2 Å². The van der Waals surface area contributed by atoms with Crippen molar-refractivity contribution < 1.29 is 14.0 Å². The van der Waals surface area contributed by atoms with Gasteiger partial charge in [-0.1, -0.05) is 20.8 Å². The number of carbonyl (C=O) groups excluding carboxylic acids is 2. The minimum Gasteiger partial charge on any atom is -0.367 e. The second-order valence-corrected chi connectivity index (χ2v) is 7.20. The second kappa shape index (κ2) is 5.25. The van der Waals surface area contributed by atoms with Crippen LogP contribution in [0.4, 0.5) is 4.39 Å². The molecule has 3 heterocycles. The molecule has 1 fully saturated rings. The smallest absolute Gasteiger partial charge is 0.274 e. The van der Waals surface area contributed by atoms with Gasteiger partial charge >= 0.3 is 0 Å². The van der Waals surface area contributed by atoms with Gasteiger partial charge in [-0.25, -0.2) is 13.9 Å². The number of likely N-dealkylation sites (tertiary alicyclic amines) is 1. The number of hydrogen-bond acceptors (Lipinski definition) is 4. The van der Waals surface area contributed by atoms with Crippen LogP contribution in [0.5, 0.6) is 0 Å². The third kappa shape index (κ3) is 2.72. The van der Waals surface area contributed by atoms with Crippen LogP contribution in [0.2, 0.25) is 0 Å². The van der Waals surface area contributed by atoms with E-state index in [2.05, 4.69) is 10.1 Å². The molecule has 1 unspecified atom stereocenters. The van der Waals surface area contributed by atoms with Crippen molar-refractivity contribution >= 4 is 17.5 Å². The van der Waals surface area contributed by atoms with Crippen LogP contribution in [-0.4, -0.2) is 50.1 Å². The molecule has 8 heteroatoms. The normalized spacial score (nSPS) is 21.4. The van der Waals surface area contributed by atoms with Crippen LogP contribution in [0, 0.1) is 0 Å². The lowest BCUT2D eigenvalue weighted by Crippen LogP contribution is -2.43. The Balaban J connectivity index is 1.87. The Morgan fingerprint density at radius 1 is 1.33 bits per heavy atom. The van der Waals surface area contributed by atoms with E-state index in [0.717, 1.165) is 5.69 Å². The first-order valence-electron chi connectivity index (χ1n) is 7.75. The van der Waals surface area contributed by atoms with Gasteiger partial charge in [0.15, 0.2) is 5.65 Å². The van der Waals surface area contributed by atoms with Crippen molar-refractivity contribution in [2.24, 2.45) is 5.73 Å². The molecule has 1 aliphatic heterocycles. The summed E-state index contributed by atoms with van der Waals surface area (Å²) in [7, 11) is 0. The lowest BCUT2D eigenvalue weighted by atomic mass is 9.93. The molecule has 1 atom stereocenters. The lowest BCUT2D eigenvalue weighted by molar-refractivity contribution is -0.128. The van der Waals surface area contributed by atoms with Crippen molar-refractivity contribution in [3.63, 3.8) is 0 Å². The summed E-state index contributed by atoms with van der Waals surface area (Å²) in [6.45, 7) is 5.91. The molecule has 0 spiro atoms. The second-order valence-electron chi connectivity index (χ2n) is 7.20. The molecule has 1 aliphatic rings. The highest BCUT2D eigenvalue weighted by atomic mass is 19.1. The fourth-order valence-electron chi connectivity index (χ4n) is 2.67. The summed E-state index contributed by atoms with van der Waals surface area (Å²) < 4.78 is 15.8. The monoisotopic (exact) mass is 333 g/mol. The number of imidazole rings is 1. The molecule has 2 amide bonds. The van der Waals surface area contributed by atoms with E-state index in [0.29, 0.717) is 5.65 Å². The quantitative estimate of drug-likeness (QED) is 0.889. The number of halogens is 1. The Hall–Kier alpha value is -2.51. The van der Waals surface area contributed by atoms with Crippen LogP contribution in [0.15, 0.2) is 18.3 Å². The summed E-state index contributed by atoms with van der Waals surface area (Å²) in [6.07, 6.45) is 1.69. The number of primary amides is 1. The molecule has 0 saturated carbocycles. The van der Waals surface area contributed by atoms with E-state index in [4.69, 9.17) is 5.73 Å². The summed E-state index contributed by atoms with van der Waals surface area (Å²) in [4.78, 5) is 29.4. The predicted molar refractivity (Wildman–Crippen MR) is 85.2 cm³/mol. The number of nitrogens with zero attached hydrogens (tertiary/aromatic N) is 4. The van der Waals surface area contributed by atoms with Gasteiger partial charge in [-0.3, -0.25) is 9.59 Å². The minimum absolute atomic E-state index is 0.0877. The van der Waals surface area contributed by atoms with E-state index in [-0.39, 0.29) is 30.6 Å². The third-order valence-corrected chi connectivity index (χ3v) is 4.26. The average Bonchev–Trinajstić information content (AvgIpc) is 3.09. The summed E-state index contributed by atoms with van der Waals surface area (Å²) in [6, 6.07) is 3.25. The first kappa shape index (κ1) is 16.4. The van der Waals surface area contributed by atoms with Gasteiger partial charge < -0.3 is 10.6 Å². The lowest BCUT2D eigenvalue weighted by Gasteiger charge is -2.17. The number of hydrogen-bond donors (Lipinski definition) is 1. The molecule has 7 nitrogen and oxygen atoms in total. The molecule has 0 radical (unpaired) electrons. The molecular formula is C16H20FN5O2. The van der Waals surface area contributed by atoms with Gasteiger partial charge in [0, 0.05) is 18.4 Å². The van der Waals surface area contributed by atoms with Gasteiger partial charge in [-0.15, -0.1) is 0 Å². The van der Waals surface area contributed by atoms with E-state index in [1.54, 1.807) is 22.8 Å². The van der Waals surface area contributed by atoms with Crippen molar-refractivity contribution in [2.45, 2.75) is 38.3 Å². The van der Waals surface area contributed by atoms with Gasteiger partial charge in [0.2, 0.25) is 5.67 Å². The highest BCUT2D eigenvalue weighted by molar-refractivity contribution is 5.94. The first-order chi connectivity index (χ1) is 11.1. The van der Waals surface area contributed by atoms with Crippen LogP contribution in [0.1, 0.15) is 43.4 Å². The van der Waals surface area contributed by atoms with E-state index in [1.165, 1.54) is 4.90 Å². The maximum Gasteiger partial charge on any atom is 0.274 e. The van der Waals surface area contributed by atoms with Gasteiger partial charge in [0.05, 0.1) is 18.4 Å². The minimum atomic E-state index is -2.16. The third-order valence-electron chi connectivity index (χ3n) is 4.26. The Labute approximate surface area is 138 Å². The van der Waals surface area contributed by atoms with Gasteiger partial charge in [-0.05, 0) is 12.1 Å². The molecule has 128 valence electrons. The maximum atomic E-state index is 14.2. The zero-order valence-corrected chi connectivity index (χ0v) is 13.9. The molecule has 2 aromatic heterocycles. The molecule has 1 saturated heterocycles. The van der Waals surface area contributed by atoms with E-state index in [1.807, 2.05) is 20.8 Å². The zero-order valence-electron chi connectivity index (χ0n) is 13.9. The standard InChI is InChI=1S/C16H20FN5O2/c1-15(2,3)11-8-22-12(19-11)5-4-10(20-22)13(23)21-7-6-16(17,9-21)14(18)24/h4-5,8H,6-7,9H2,1-3H3,(H2,18,24). The van der Waals surface area contributed by atoms with Crippen molar-refractivity contribution in [2.75, 3.05) is 13.1 Å². The van der Waals surface area contributed by atoms with Crippen molar-refractivity contribution in [1.29, 1.82) is 0 Å². The van der Waals surface area contributed by atoms with E-state index < -0.39 is 17.5 Å². The Morgan fingerprint density at radius 3 is 2.62 bits per heavy atom. The van der Waals surface area contributed by atoms with Gasteiger partial charge in [-0.2, -0.15) is 5.10 Å². The molecule has 0 aromatic carbocycles. The number of carbonyl (C=O) groups is 2. The Kier molecular flexibility index (Phi) is 3.58. The molecule has 0 bridgehead atoms. The predicted octanol–water partition coefficient (Wildman–Crippen LogP) is 1.07. The van der Waals surface area contributed by atoms with Crippen molar-refractivity contribution in [1.82, 2.24) is 19.5 Å². The average molecular weight is 333 g/mol. The molecule has 0 aliphatic carbocycles. The number of amides is 2. The molecule has 24 heavy (non-hydrogen) atoms. The van der Waals surface area contributed by atoms with E-state index in [9.17, 15) is 14.0 Å². The van der Waals surface area contributed by atoms with Crippen LogP contribution >= 0.6 is 0 Å². The van der Waals surface area contributed by atoms with E-state index >= 15 is 0 Å². The Bertz CT molecular complexity index is 825. The highest BCUT2D eigenvalue weighted by Crippen LogP contribution is 2.26. The van der Waals surface area contributed by atoms with Crippen molar-refractivity contribution in [3.8, 4) is 0 Å². The van der Waals surface area contributed by atoms with Crippen LogP contribution in [0.3, 0.4) is 0 Å². The van der Waals surface area contributed by atoms with Crippen LogP contribution < -0.4 is 5.73 Å². The molecule has 2 N–H and O–H groups in total. The fraction of sp³-hybridized carbons (Fsp3) is 0.500. The number of nitrogens with two attached hydrogens (primary N) is 1. The summed E-state index contributed by atoms with van der Waals surface area (Å²) in [5.41, 5.74) is 4.44. The maximum absolute atomic E-state index is 14.2. The topological polar surface area (TPSA) is 93.6 Å². The highest BCUT2D eigenvalue weighted by Gasteiger charge is 2.45. The SMILES string of the molecule is CC(C)(C)c1cn2nc(C(=O)N3CCC(F)(C(N)=O)C3)ccc2n1. The number of aromatic nitrogens is 3. The first-order valence-corrected chi connectivity index (χ1v) is 7.75. The molecule has 2 aromatic rings. The van der Waals surface area contributed by atoms with Crippen LogP contribution in [0.25, 0.3) is 5.65 Å². The summed E-state index contributed by atoms with van der Waals surface area (Å²) >= 11 is 0. The zero-order chi connectivity index (χ0) is 17.7. The number of alkyl halides is 1. The fourth-order valence-corrected chi connectivity index (χ4v) is 2.67. The largest absolute Gasteiger partial charge is 0.367 e.